The van der Waals surface area contributed by atoms with Crippen LogP contribution in [0.5, 0.6) is 11.5 Å². The van der Waals surface area contributed by atoms with Crippen LogP contribution in [0.1, 0.15) is 20.7 Å². The minimum Gasteiger partial charge on any atom is -0.423 e. The monoisotopic (exact) mass is 352 g/mol. The molecule has 25 heavy (non-hydrogen) atoms. The van der Waals surface area contributed by atoms with E-state index in [1.54, 1.807) is 54.6 Å². The zero-order valence-corrected chi connectivity index (χ0v) is 13.8. The molecule has 0 saturated heterocycles. The molecule has 0 bridgehead atoms. The standard InChI is InChI=1S/C20H13ClO4/c21-14-7-6-10-16(13-14)25-20(23)18-12-5-4-11-17(18)19(22)24-15-8-2-1-3-9-15/h1-13H. The average molecular weight is 353 g/mol. The number of carbonyl (C=O) groups excluding carboxylic acids is 2. The van der Waals surface area contributed by atoms with Gasteiger partial charge in [0.25, 0.3) is 0 Å². The van der Waals surface area contributed by atoms with Gasteiger partial charge in [0.15, 0.2) is 0 Å². The van der Waals surface area contributed by atoms with E-state index in [1.165, 1.54) is 18.2 Å². The molecule has 0 atom stereocenters. The van der Waals surface area contributed by atoms with E-state index in [-0.39, 0.29) is 11.1 Å². The Bertz CT molecular complexity index is 906. The molecule has 3 aromatic carbocycles. The molecule has 0 radical (unpaired) electrons. The van der Waals surface area contributed by atoms with E-state index in [9.17, 15) is 9.59 Å². The van der Waals surface area contributed by atoms with Crippen LogP contribution in [0, 0.1) is 0 Å². The zero-order chi connectivity index (χ0) is 17.6. The molecular weight excluding hydrogens is 340 g/mol. The smallest absolute Gasteiger partial charge is 0.344 e. The number of benzene rings is 3. The summed E-state index contributed by atoms with van der Waals surface area (Å²) < 4.78 is 10.6. The van der Waals surface area contributed by atoms with Crippen molar-refractivity contribution in [3.63, 3.8) is 0 Å². The number of halogens is 1. The molecule has 0 saturated carbocycles. The molecule has 0 amide bonds. The molecular formula is C20H13ClO4. The first-order chi connectivity index (χ1) is 12.1. The Hall–Kier alpha value is -3.11. The Morgan fingerprint density at radius 2 is 1.16 bits per heavy atom. The fourth-order valence-corrected chi connectivity index (χ4v) is 2.36. The molecule has 0 fully saturated rings. The minimum absolute atomic E-state index is 0.114. The summed E-state index contributed by atoms with van der Waals surface area (Å²) in [5, 5.41) is 0.446. The Morgan fingerprint density at radius 1 is 0.640 bits per heavy atom. The number of hydrogen-bond donors (Lipinski definition) is 0. The Kier molecular flexibility index (Phi) is 5.11. The lowest BCUT2D eigenvalue weighted by molar-refractivity contribution is 0.0692. The summed E-state index contributed by atoms with van der Waals surface area (Å²) in [6.07, 6.45) is 0. The van der Waals surface area contributed by atoms with Gasteiger partial charge in [-0.1, -0.05) is 48.0 Å². The van der Waals surface area contributed by atoms with E-state index in [4.69, 9.17) is 21.1 Å². The Labute approximate surface area is 149 Å². The lowest BCUT2D eigenvalue weighted by Crippen LogP contribution is -2.17. The van der Waals surface area contributed by atoms with Crippen LogP contribution < -0.4 is 9.47 Å². The van der Waals surface area contributed by atoms with Gasteiger partial charge in [0, 0.05) is 5.02 Å². The number of hydrogen-bond acceptors (Lipinski definition) is 4. The van der Waals surface area contributed by atoms with Crippen molar-refractivity contribution in [1.82, 2.24) is 0 Å². The average Bonchev–Trinajstić information content (AvgIpc) is 2.62. The van der Waals surface area contributed by atoms with Gasteiger partial charge in [-0.15, -0.1) is 0 Å². The highest BCUT2D eigenvalue weighted by Gasteiger charge is 2.20. The van der Waals surface area contributed by atoms with Gasteiger partial charge in [0.1, 0.15) is 11.5 Å². The van der Waals surface area contributed by atoms with Crippen molar-refractivity contribution in [3.8, 4) is 11.5 Å². The summed E-state index contributed by atoms with van der Waals surface area (Å²) in [6.45, 7) is 0. The summed E-state index contributed by atoms with van der Waals surface area (Å²) in [5.41, 5.74) is 0.238. The summed E-state index contributed by atoms with van der Waals surface area (Å²) in [5.74, 6) is -0.609. The minimum atomic E-state index is -0.664. The fourth-order valence-electron chi connectivity index (χ4n) is 2.18. The van der Waals surface area contributed by atoms with Gasteiger partial charge in [-0.3, -0.25) is 0 Å². The van der Waals surface area contributed by atoms with Gasteiger partial charge in [-0.2, -0.15) is 0 Å². The lowest BCUT2D eigenvalue weighted by atomic mass is 10.1. The van der Waals surface area contributed by atoms with Gasteiger partial charge in [0.05, 0.1) is 11.1 Å². The van der Waals surface area contributed by atoms with E-state index in [2.05, 4.69) is 0 Å². The van der Waals surface area contributed by atoms with Crippen LogP contribution in [0.3, 0.4) is 0 Å². The summed E-state index contributed by atoms with van der Waals surface area (Å²) in [7, 11) is 0. The molecule has 0 spiro atoms. The maximum atomic E-state index is 12.4. The van der Waals surface area contributed by atoms with Crippen LogP contribution in [0.2, 0.25) is 5.02 Å². The normalized spacial score (nSPS) is 10.1. The SMILES string of the molecule is O=C(Oc1ccccc1)c1ccccc1C(=O)Oc1cccc(Cl)c1. The van der Waals surface area contributed by atoms with E-state index in [1.807, 2.05) is 6.07 Å². The van der Waals surface area contributed by atoms with Crippen LogP contribution in [-0.4, -0.2) is 11.9 Å². The van der Waals surface area contributed by atoms with Gasteiger partial charge in [-0.25, -0.2) is 9.59 Å². The number of para-hydroxylation sites is 1. The van der Waals surface area contributed by atoms with E-state index in [0.29, 0.717) is 16.5 Å². The highest BCUT2D eigenvalue weighted by Crippen LogP contribution is 2.20. The summed E-state index contributed by atoms with van der Waals surface area (Å²) >= 11 is 5.88. The van der Waals surface area contributed by atoms with Crippen molar-refractivity contribution in [2.45, 2.75) is 0 Å². The highest BCUT2D eigenvalue weighted by atomic mass is 35.5. The predicted molar refractivity (Wildman–Crippen MR) is 94.3 cm³/mol. The quantitative estimate of drug-likeness (QED) is 0.501. The van der Waals surface area contributed by atoms with Crippen LogP contribution in [0.4, 0.5) is 0 Å². The largest absolute Gasteiger partial charge is 0.423 e. The second-order valence-electron chi connectivity index (χ2n) is 5.10. The first-order valence-electron chi connectivity index (χ1n) is 7.47. The molecule has 3 aromatic rings. The first-order valence-corrected chi connectivity index (χ1v) is 7.85. The third kappa shape index (κ3) is 4.25. The number of esters is 2. The van der Waals surface area contributed by atoms with Crippen molar-refractivity contribution in [2.75, 3.05) is 0 Å². The van der Waals surface area contributed by atoms with Crippen molar-refractivity contribution >= 4 is 23.5 Å². The molecule has 0 unspecified atom stereocenters. The van der Waals surface area contributed by atoms with E-state index < -0.39 is 11.9 Å². The third-order valence-electron chi connectivity index (χ3n) is 3.33. The molecule has 0 aliphatic rings. The number of ether oxygens (including phenoxy) is 2. The molecule has 0 aliphatic carbocycles. The molecule has 124 valence electrons. The second kappa shape index (κ2) is 7.64. The molecule has 3 rings (SSSR count). The van der Waals surface area contributed by atoms with E-state index in [0.717, 1.165) is 0 Å². The van der Waals surface area contributed by atoms with Crippen molar-refractivity contribution in [1.29, 1.82) is 0 Å². The molecule has 0 aliphatic heterocycles. The first kappa shape index (κ1) is 16.7. The van der Waals surface area contributed by atoms with Crippen LogP contribution in [0.25, 0.3) is 0 Å². The Balaban J connectivity index is 1.82. The number of carbonyl (C=O) groups is 2. The van der Waals surface area contributed by atoms with Gasteiger partial charge in [-0.05, 0) is 42.5 Å². The molecule has 0 N–H and O–H groups in total. The van der Waals surface area contributed by atoms with Crippen molar-refractivity contribution in [2.24, 2.45) is 0 Å². The van der Waals surface area contributed by atoms with Crippen molar-refractivity contribution in [3.05, 3.63) is 95.0 Å². The zero-order valence-electron chi connectivity index (χ0n) is 13.0. The fraction of sp³-hybridized carbons (Fsp3) is 0. The van der Waals surface area contributed by atoms with Crippen molar-refractivity contribution < 1.29 is 19.1 Å². The van der Waals surface area contributed by atoms with Crippen LogP contribution in [0.15, 0.2) is 78.9 Å². The second-order valence-corrected chi connectivity index (χ2v) is 5.53. The van der Waals surface area contributed by atoms with Crippen LogP contribution >= 0.6 is 11.6 Å². The predicted octanol–water partition coefficient (Wildman–Crippen LogP) is 4.78. The van der Waals surface area contributed by atoms with Gasteiger partial charge >= 0.3 is 11.9 Å². The molecule has 4 nitrogen and oxygen atoms in total. The maximum absolute atomic E-state index is 12.4. The Morgan fingerprint density at radius 3 is 1.76 bits per heavy atom. The molecule has 0 heterocycles. The topological polar surface area (TPSA) is 52.6 Å². The van der Waals surface area contributed by atoms with Gasteiger partial charge < -0.3 is 9.47 Å². The van der Waals surface area contributed by atoms with Gasteiger partial charge in [0.2, 0.25) is 0 Å². The summed E-state index contributed by atoms with van der Waals surface area (Å²) in [4.78, 5) is 24.8. The van der Waals surface area contributed by atoms with E-state index >= 15 is 0 Å². The number of rotatable bonds is 4. The lowest BCUT2D eigenvalue weighted by Gasteiger charge is -2.09. The highest BCUT2D eigenvalue weighted by molar-refractivity contribution is 6.30. The van der Waals surface area contributed by atoms with Crippen LogP contribution in [-0.2, 0) is 0 Å². The summed E-state index contributed by atoms with van der Waals surface area (Å²) in [6, 6.07) is 21.4. The third-order valence-corrected chi connectivity index (χ3v) is 3.56. The maximum Gasteiger partial charge on any atom is 0.344 e. The molecule has 0 aromatic heterocycles. The molecule has 5 heteroatoms.